The van der Waals surface area contributed by atoms with Gasteiger partial charge in [-0.15, -0.1) is 0 Å². The maximum absolute atomic E-state index is 10.1. The van der Waals surface area contributed by atoms with E-state index in [4.69, 9.17) is 0 Å². The van der Waals surface area contributed by atoms with E-state index in [1.54, 1.807) is 6.07 Å². The van der Waals surface area contributed by atoms with Crippen LogP contribution < -0.4 is 5.69 Å². The largest absolute Gasteiger partial charge is 0.344 e. The van der Waals surface area contributed by atoms with E-state index in [-0.39, 0.29) is 5.69 Å². The highest BCUT2D eigenvalue weighted by Crippen LogP contribution is 2.15. The highest BCUT2D eigenvalue weighted by molar-refractivity contribution is 4.75. The minimum Gasteiger partial charge on any atom is -0.313 e. The van der Waals surface area contributed by atoms with Gasteiger partial charge in [-0.2, -0.15) is 0 Å². The second-order valence-electron chi connectivity index (χ2n) is 3.21. The maximum Gasteiger partial charge on any atom is 0.344 e. The fourth-order valence-electron chi connectivity index (χ4n) is 1.37. The van der Waals surface area contributed by atoms with E-state index in [1.165, 1.54) is 50.9 Å². The first-order valence-electron chi connectivity index (χ1n) is 4.89. The fourth-order valence-corrected chi connectivity index (χ4v) is 1.37. The maximum atomic E-state index is 10.1. The van der Waals surface area contributed by atoms with Crippen molar-refractivity contribution >= 4 is 0 Å². The van der Waals surface area contributed by atoms with Crippen molar-refractivity contribution in [2.75, 3.05) is 0 Å². The van der Waals surface area contributed by atoms with Crippen molar-refractivity contribution in [2.24, 2.45) is 0 Å². The van der Waals surface area contributed by atoms with Crippen molar-refractivity contribution in [2.45, 2.75) is 38.5 Å². The highest BCUT2D eigenvalue weighted by Gasteiger charge is 1.95. The normalized spacial score (nSPS) is 15.7. The molecule has 1 aliphatic rings. The first kappa shape index (κ1) is 9.96. The van der Waals surface area contributed by atoms with Gasteiger partial charge in [0.25, 0.3) is 0 Å². The van der Waals surface area contributed by atoms with Gasteiger partial charge in [0, 0.05) is 12.4 Å². The molecule has 1 N–H and O–H groups in total. The lowest BCUT2D eigenvalue weighted by Crippen LogP contribution is -2.05. The van der Waals surface area contributed by atoms with Crippen LogP contribution in [0.2, 0.25) is 0 Å². The summed E-state index contributed by atoms with van der Waals surface area (Å²) in [5, 5.41) is 0. The van der Waals surface area contributed by atoms with Gasteiger partial charge in [0.05, 0.1) is 0 Å². The van der Waals surface area contributed by atoms with Gasteiger partial charge in [-0.3, -0.25) is 0 Å². The molecular weight excluding hydrogens is 164 g/mol. The van der Waals surface area contributed by atoms with E-state index in [2.05, 4.69) is 9.97 Å². The Labute approximate surface area is 78.2 Å². The average molecular weight is 180 g/mol. The third kappa shape index (κ3) is 5.17. The minimum atomic E-state index is -0.303. The highest BCUT2D eigenvalue weighted by atomic mass is 16.1. The predicted octanol–water partition coefficient (Wildman–Crippen LogP) is 2.11. The molecule has 72 valence electrons. The van der Waals surface area contributed by atoms with Gasteiger partial charge in [0.2, 0.25) is 0 Å². The van der Waals surface area contributed by atoms with Crippen LogP contribution in [0.4, 0.5) is 0 Å². The third-order valence-corrected chi connectivity index (χ3v) is 2.08. The zero-order chi connectivity index (χ0) is 9.36. The van der Waals surface area contributed by atoms with E-state index < -0.39 is 0 Å². The molecule has 0 spiro atoms. The summed E-state index contributed by atoms with van der Waals surface area (Å²) in [7, 11) is 0. The molecule has 0 amide bonds. The Morgan fingerprint density at radius 2 is 1.62 bits per heavy atom. The lowest BCUT2D eigenvalue weighted by atomic mass is 10.0. The van der Waals surface area contributed by atoms with Crippen molar-refractivity contribution in [3.05, 3.63) is 28.9 Å². The molecule has 3 nitrogen and oxygen atoms in total. The molecule has 1 aliphatic carbocycles. The van der Waals surface area contributed by atoms with Crippen molar-refractivity contribution in [1.29, 1.82) is 0 Å². The summed E-state index contributed by atoms with van der Waals surface area (Å²) in [5.41, 5.74) is -0.303. The zero-order valence-corrected chi connectivity index (χ0v) is 7.83. The van der Waals surface area contributed by atoms with E-state index in [0.717, 1.165) is 0 Å². The van der Waals surface area contributed by atoms with E-state index >= 15 is 0 Å². The Hall–Kier alpha value is -1.12. The van der Waals surface area contributed by atoms with Crippen molar-refractivity contribution in [3.63, 3.8) is 0 Å². The van der Waals surface area contributed by atoms with Crippen LogP contribution in [-0.2, 0) is 0 Å². The Balaban J connectivity index is 0.000000132. The molecule has 0 radical (unpaired) electrons. The van der Waals surface area contributed by atoms with Crippen LogP contribution in [-0.4, -0.2) is 9.97 Å². The summed E-state index contributed by atoms with van der Waals surface area (Å²) in [6.45, 7) is 0. The summed E-state index contributed by atoms with van der Waals surface area (Å²) in [6.07, 6.45) is 12.0. The Bertz CT molecular complexity index is 237. The Morgan fingerprint density at radius 1 is 1.08 bits per heavy atom. The fraction of sp³-hybridized carbons (Fsp3) is 0.600. The molecule has 1 aromatic heterocycles. The van der Waals surface area contributed by atoms with Crippen molar-refractivity contribution in [1.82, 2.24) is 9.97 Å². The monoisotopic (exact) mass is 180 g/mol. The molecule has 3 heteroatoms. The second-order valence-corrected chi connectivity index (χ2v) is 3.21. The zero-order valence-electron chi connectivity index (χ0n) is 7.83. The first-order valence-corrected chi connectivity index (χ1v) is 4.89. The predicted molar refractivity (Wildman–Crippen MR) is 52.6 cm³/mol. The molecule has 1 saturated carbocycles. The summed E-state index contributed by atoms with van der Waals surface area (Å²) < 4.78 is 0. The van der Waals surface area contributed by atoms with Gasteiger partial charge >= 0.3 is 5.69 Å². The molecule has 1 heterocycles. The number of nitrogens with one attached hydrogen (secondary N) is 1. The summed E-state index contributed by atoms with van der Waals surface area (Å²) in [4.78, 5) is 15.8. The molecule has 0 aromatic carbocycles. The molecule has 0 aliphatic heterocycles. The SMILES string of the molecule is C1CCCCC1.O=c1nccc[nH]1. The molecular formula is C10H16N2O. The Kier molecular flexibility index (Phi) is 4.91. The standard InChI is InChI=1S/C6H12.C4H4N2O/c1-2-4-6-5-3-1;7-4-5-2-1-3-6-4/h1-6H2;1-3H,(H,5,6,7). The average Bonchev–Trinajstić information content (AvgIpc) is 2.22. The molecule has 13 heavy (non-hydrogen) atoms. The second kappa shape index (κ2) is 6.40. The number of nitrogens with zero attached hydrogens (tertiary/aromatic N) is 1. The smallest absolute Gasteiger partial charge is 0.313 e. The lowest BCUT2D eigenvalue weighted by Gasteiger charge is -2.05. The summed E-state index contributed by atoms with van der Waals surface area (Å²) in [5.74, 6) is 0. The van der Waals surface area contributed by atoms with Gasteiger partial charge in [0.15, 0.2) is 0 Å². The molecule has 0 unspecified atom stereocenters. The lowest BCUT2D eigenvalue weighted by molar-refractivity contribution is 0.504. The topological polar surface area (TPSA) is 45.8 Å². The quantitative estimate of drug-likeness (QED) is 0.664. The van der Waals surface area contributed by atoms with E-state index in [0.29, 0.717) is 0 Å². The minimum absolute atomic E-state index is 0.303. The van der Waals surface area contributed by atoms with Gasteiger partial charge in [-0.1, -0.05) is 38.5 Å². The summed E-state index contributed by atoms with van der Waals surface area (Å²) in [6, 6.07) is 1.65. The third-order valence-electron chi connectivity index (χ3n) is 2.08. The Morgan fingerprint density at radius 3 is 1.85 bits per heavy atom. The van der Waals surface area contributed by atoms with Crippen LogP contribution in [0.15, 0.2) is 23.3 Å². The van der Waals surface area contributed by atoms with E-state index in [9.17, 15) is 4.79 Å². The van der Waals surface area contributed by atoms with Gasteiger partial charge in [-0.25, -0.2) is 9.78 Å². The molecule has 0 bridgehead atoms. The van der Waals surface area contributed by atoms with Crippen LogP contribution in [0.1, 0.15) is 38.5 Å². The first-order chi connectivity index (χ1) is 6.39. The molecule has 0 atom stereocenters. The molecule has 1 fully saturated rings. The van der Waals surface area contributed by atoms with Crippen LogP contribution in [0.5, 0.6) is 0 Å². The molecule has 0 saturated heterocycles. The number of H-pyrrole nitrogens is 1. The van der Waals surface area contributed by atoms with Crippen molar-refractivity contribution in [3.8, 4) is 0 Å². The van der Waals surface area contributed by atoms with Crippen LogP contribution in [0.25, 0.3) is 0 Å². The van der Waals surface area contributed by atoms with Gasteiger partial charge < -0.3 is 4.98 Å². The van der Waals surface area contributed by atoms with Crippen LogP contribution in [0.3, 0.4) is 0 Å². The van der Waals surface area contributed by atoms with Gasteiger partial charge in [0.1, 0.15) is 0 Å². The number of hydrogen-bond donors (Lipinski definition) is 1. The number of hydrogen-bond acceptors (Lipinski definition) is 2. The van der Waals surface area contributed by atoms with Crippen molar-refractivity contribution < 1.29 is 0 Å². The number of rotatable bonds is 0. The van der Waals surface area contributed by atoms with Gasteiger partial charge in [-0.05, 0) is 6.07 Å². The number of aromatic nitrogens is 2. The number of aromatic amines is 1. The van der Waals surface area contributed by atoms with Crippen LogP contribution >= 0.6 is 0 Å². The van der Waals surface area contributed by atoms with Crippen LogP contribution in [0, 0.1) is 0 Å². The van der Waals surface area contributed by atoms with E-state index in [1.807, 2.05) is 0 Å². The molecule has 2 rings (SSSR count). The summed E-state index contributed by atoms with van der Waals surface area (Å²) >= 11 is 0. The molecule has 1 aromatic rings.